The Balaban J connectivity index is 1.81. The molecule has 0 aliphatic carbocycles. The van der Waals surface area contributed by atoms with Crippen molar-refractivity contribution in [1.29, 1.82) is 0 Å². The SMILES string of the molecule is COCCNC(=O)COc1ccc2c(-c3ccccc3)cc(=O)oc2c1. The van der Waals surface area contributed by atoms with Crippen LogP contribution in [-0.4, -0.2) is 32.8 Å². The number of carbonyl (C=O) groups is 1. The van der Waals surface area contributed by atoms with Gasteiger partial charge in [-0.25, -0.2) is 4.79 Å². The first kappa shape index (κ1) is 17.7. The Morgan fingerprint density at radius 2 is 1.92 bits per heavy atom. The van der Waals surface area contributed by atoms with Gasteiger partial charge in [-0.2, -0.15) is 0 Å². The van der Waals surface area contributed by atoms with Crippen LogP contribution in [0.15, 0.2) is 63.8 Å². The zero-order valence-corrected chi connectivity index (χ0v) is 14.4. The lowest BCUT2D eigenvalue weighted by Gasteiger charge is -2.09. The van der Waals surface area contributed by atoms with Gasteiger partial charge < -0.3 is 19.2 Å². The number of benzene rings is 2. The van der Waals surface area contributed by atoms with Gasteiger partial charge in [0.2, 0.25) is 0 Å². The molecule has 1 aromatic heterocycles. The average molecular weight is 353 g/mol. The van der Waals surface area contributed by atoms with Crippen LogP contribution >= 0.6 is 0 Å². The van der Waals surface area contributed by atoms with Crippen molar-refractivity contribution in [2.75, 3.05) is 26.9 Å². The molecule has 1 heterocycles. The standard InChI is InChI=1S/C20H19NO5/c1-24-10-9-21-19(22)13-25-15-7-8-16-17(14-5-3-2-4-6-14)12-20(23)26-18(16)11-15/h2-8,11-12H,9-10,13H2,1H3,(H,21,22). The maximum absolute atomic E-state index is 11.9. The zero-order chi connectivity index (χ0) is 18.4. The van der Waals surface area contributed by atoms with Crippen molar-refractivity contribution in [2.24, 2.45) is 0 Å². The molecule has 0 aliphatic heterocycles. The van der Waals surface area contributed by atoms with Crippen molar-refractivity contribution in [3.8, 4) is 16.9 Å². The molecule has 26 heavy (non-hydrogen) atoms. The number of hydrogen-bond donors (Lipinski definition) is 1. The summed E-state index contributed by atoms with van der Waals surface area (Å²) in [4.78, 5) is 23.6. The molecule has 0 spiro atoms. The van der Waals surface area contributed by atoms with Gasteiger partial charge in [0.25, 0.3) is 5.91 Å². The first-order valence-corrected chi connectivity index (χ1v) is 8.19. The smallest absolute Gasteiger partial charge is 0.336 e. The number of methoxy groups -OCH3 is 1. The van der Waals surface area contributed by atoms with Gasteiger partial charge in [0.1, 0.15) is 11.3 Å². The van der Waals surface area contributed by atoms with E-state index < -0.39 is 5.63 Å². The Hall–Kier alpha value is -3.12. The Morgan fingerprint density at radius 3 is 2.69 bits per heavy atom. The third-order valence-electron chi connectivity index (χ3n) is 3.80. The summed E-state index contributed by atoms with van der Waals surface area (Å²) in [7, 11) is 1.56. The highest BCUT2D eigenvalue weighted by Gasteiger charge is 2.10. The molecule has 0 bridgehead atoms. The van der Waals surface area contributed by atoms with Gasteiger partial charge in [-0.05, 0) is 23.3 Å². The maximum Gasteiger partial charge on any atom is 0.336 e. The predicted molar refractivity (Wildman–Crippen MR) is 98.3 cm³/mol. The fourth-order valence-electron chi connectivity index (χ4n) is 2.58. The number of rotatable bonds is 7. The Kier molecular flexibility index (Phi) is 5.66. The topological polar surface area (TPSA) is 77.8 Å². The molecule has 3 rings (SSSR count). The number of ether oxygens (including phenoxy) is 2. The van der Waals surface area contributed by atoms with Gasteiger partial charge in [0, 0.05) is 31.2 Å². The second kappa shape index (κ2) is 8.31. The van der Waals surface area contributed by atoms with Crippen molar-refractivity contribution in [2.45, 2.75) is 0 Å². The molecule has 0 radical (unpaired) electrons. The van der Waals surface area contributed by atoms with E-state index in [-0.39, 0.29) is 12.5 Å². The van der Waals surface area contributed by atoms with Gasteiger partial charge in [-0.15, -0.1) is 0 Å². The van der Waals surface area contributed by atoms with Crippen LogP contribution < -0.4 is 15.7 Å². The number of hydrogen-bond acceptors (Lipinski definition) is 5. The Labute approximate surface area is 150 Å². The fraction of sp³-hybridized carbons (Fsp3) is 0.200. The molecule has 6 heteroatoms. The fourth-order valence-corrected chi connectivity index (χ4v) is 2.58. The highest BCUT2D eigenvalue weighted by molar-refractivity contribution is 5.93. The molecular formula is C20H19NO5. The molecule has 1 amide bonds. The van der Waals surface area contributed by atoms with Gasteiger partial charge >= 0.3 is 5.63 Å². The molecule has 0 aliphatic rings. The summed E-state index contributed by atoms with van der Waals surface area (Å²) in [5.74, 6) is 0.203. The lowest BCUT2D eigenvalue weighted by molar-refractivity contribution is -0.123. The van der Waals surface area contributed by atoms with Crippen molar-refractivity contribution < 1.29 is 18.7 Å². The van der Waals surface area contributed by atoms with E-state index in [1.807, 2.05) is 36.4 Å². The van der Waals surface area contributed by atoms with Crippen LogP contribution in [0.3, 0.4) is 0 Å². The van der Waals surface area contributed by atoms with Crippen LogP contribution in [0.1, 0.15) is 0 Å². The molecule has 134 valence electrons. The van der Waals surface area contributed by atoms with Crippen molar-refractivity contribution in [3.05, 3.63) is 65.0 Å². The van der Waals surface area contributed by atoms with Crippen LogP contribution in [0.5, 0.6) is 5.75 Å². The van der Waals surface area contributed by atoms with Crippen LogP contribution in [-0.2, 0) is 9.53 Å². The molecule has 0 unspecified atom stereocenters. The monoisotopic (exact) mass is 353 g/mol. The van der Waals surface area contributed by atoms with Gasteiger partial charge in [0.15, 0.2) is 6.61 Å². The molecule has 0 atom stereocenters. The first-order valence-electron chi connectivity index (χ1n) is 8.19. The highest BCUT2D eigenvalue weighted by Crippen LogP contribution is 2.29. The Morgan fingerprint density at radius 1 is 1.12 bits per heavy atom. The van der Waals surface area contributed by atoms with E-state index in [0.29, 0.717) is 24.5 Å². The summed E-state index contributed by atoms with van der Waals surface area (Å²) in [6, 6.07) is 16.3. The van der Waals surface area contributed by atoms with Crippen molar-refractivity contribution in [3.63, 3.8) is 0 Å². The van der Waals surface area contributed by atoms with E-state index >= 15 is 0 Å². The van der Waals surface area contributed by atoms with Crippen molar-refractivity contribution in [1.82, 2.24) is 5.32 Å². The minimum atomic E-state index is -0.439. The summed E-state index contributed by atoms with van der Waals surface area (Å²) in [5.41, 5.74) is 1.69. The molecule has 6 nitrogen and oxygen atoms in total. The van der Waals surface area contributed by atoms with Crippen LogP contribution in [0.4, 0.5) is 0 Å². The van der Waals surface area contributed by atoms with E-state index in [4.69, 9.17) is 13.9 Å². The normalized spacial score (nSPS) is 10.7. The van der Waals surface area contributed by atoms with E-state index in [0.717, 1.165) is 16.5 Å². The summed E-state index contributed by atoms with van der Waals surface area (Å²) in [6.45, 7) is 0.735. The molecular weight excluding hydrogens is 334 g/mol. The molecule has 0 fully saturated rings. The van der Waals surface area contributed by atoms with E-state index in [1.165, 1.54) is 6.07 Å². The summed E-state index contributed by atoms with van der Waals surface area (Å²) in [5, 5.41) is 3.47. The highest BCUT2D eigenvalue weighted by atomic mass is 16.5. The number of fused-ring (bicyclic) bond motifs is 1. The number of amides is 1. The molecule has 2 aromatic carbocycles. The van der Waals surface area contributed by atoms with Crippen LogP contribution in [0.25, 0.3) is 22.1 Å². The summed E-state index contributed by atoms with van der Waals surface area (Å²) >= 11 is 0. The van der Waals surface area contributed by atoms with E-state index in [9.17, 15) is 9.59 Å². The first-order chi connectivity index (χ1) is 12.7. The van der Waals surface area contributed by atoms with E-state index in [2.05, 4.69) is 5.32 Å². The van der Waals surface area contributed by atoms with Gasteiger partial charge in [-0.1, -0.05) is 30.3 Å². The summed E-state index contributed by atoms with van der Waals surface area (Å²) in [6.07, 6.45) is 0. The van der Waals surface area contributed by atoms with Crippen LogP contribution in [0, 0.1) is 0 Å². The quantitative estimate of drug-likeness (QED) is 0.522. The second-order valence-electron chi connectivity index (χ2n) is 5.63. The molecule has 1 N–H and O–H groups in total. The van der Waals surface area contributed by atoms with Crippen molar-refractivity contribution >= 4 is 16.9 Å². The second-order valence-corrected chi connectivity index (χ2v) is 5.63. The average Bonchev–Trinajstić information content (AvgIpc) is 2.66. The third-order valence-corrected chi connectivity index (χ3v) is 3.80. The molecule has 0 saturated heterocycles. The number of carbonyl (C=O) groups excluding carboxylic acids is 1. The lowest BCUT2D eigenvalue weighted by Crippen LogP contribution is -2.31. The van der Waals surface area contributed by atoms with Gasteiger partial charge in [-0.3, -0.25) is 4.79 Å². The lowest BCUT2D eigenvalue weighted by atomic mass is 10.0. The zero-order valence-electron chi connectivity index (χ0n) is 14.4. The van der Waals surface area contributed by atoms with Crippen LogP contribution in [0.2, 0.25) is 0 Å². The summed E-state index contributed by atoms with van der Waals surface area (Å²) < 4.78 is 15.6. The third kappa shape index (κ3) is 4.29. The Bertz CT molecular complexity index is 949. The predicted octanol–water partition coefficient (Wildman–Crippen LogP) is 2.60. The molecule has 3 aromatic rings. The maximum atomic E-state index is 11.9. The van der Waals surface area contributed by atoms with Gasteiger partial charge in [0.05, 0.1) is 6.61 Å². The minimum Gasteiger partial charge on any atom is -0.484 e. The number of nitrogens with one attached hydrogen (secondary N) is 1. The minimum absolute atomic E-state index is 0.127. The van der Waals surface area contributed by atoms with E-state index in [1.54, 1.807) is 19.2 Å². The molecule has 0 saturated carbocycles. The largest absolute Gasteiger partial charge is 0.484 e.